The number of carbonyl (C=O) groups excluding carboxylic acids is 2. The van der Waals surface area contributed by atoms with Gasteiger partial charge in [0, 0.05) is 13.3 Å². The number of aromatic nitrogens is 5. The van der Waals surface area contributed by atoms with E-state index in [9.17, 15) is 26.8 Å². The molecule has 38 heavy (non-hydrogen) atoms. The summed E-state index contributed by atoms with van der Waals surface area (Å²) in [6.45, 7) is 1.37. The SMILES string of the molecule is C[C@@H](OC(=O)Nc1c(-c2ccc(NC(=O)C34CC(S(C)(=O)=O)(C3)C4)cn2)nnn1C)c1cc(F)cnc1F. The summed E-state index contributed by atoms with van der Waals surface area (Å²) < 4.78 is 56.8. The summed E-state index contributed by atoms with van der Waals surface area (Å²) in [6.07, 6.45) is 2.18. The summed E-state index contributed by atoms with van der Waals surface area (Å²) in [5.74, 6) is -1.86. The quantitative estimate of drug-likeness (QED) is 0.424. The van der Waals surface area contributed by atoms with Gasteiger partial charge in [0.15, 0.2) is 21.3 Å². The molecule has 2 amide bonds. The van der Waals surface area contributed by atoms with Gasteiger partial charge in [-0.3, -0.25) is 15.1 Å². The lowest BCUT2D eigenvalue weighted by Crippen LogP contribution is -2.74. The number of nitrogens with one attached hydrogen (secondary N) is 2. The van der Waals surface area contributed by atoms with Crippen LogP contribution < -0.4 is 10.6 Å². The number of pyridine rings is 2. The fraction of sp³-hybridized carbons (Fsp3) is 0.391. The first-order valence-electron chi connectivity index (χ1n) is 11.5. The largest absolute Gasteiger partial charge is 0.441 e. The molecular weight excluding hydrogens is 524 g/mol. The highest BCUT2D eigenvalue weighted by Crippen LogP contribution is 2.71. The third-order valence-corrected chi connectivity index (χ3v) is 9.12. The molecule has 200 valence electrons. The van der Waals surface area contributed by atoms with Gasteiger partial charge in [-0.05, 0) is 44.4 Å². The molecule has 3 saturated carbocycles. The van der Waals surface area contributed by atoms with E-state index in [1.165, 1.54) is 31.1 Å². The number of nitrogens with zero attached hydrogens (tertiary/aromatic N) is 5. The molecule has 6 rings (SSSR count). The zero-order chi connectivity index (χ0) is 27.5. The molecule has 15 heteroatoms. The van der Waals surface area contributed by atoms with Crippen molar-refractivity contribution in [2.24, 2.45) is 12.5 Å². The van der Waals surface area contributed by atoms with Crippen LogP contribution >= 0.6 is 0 Å². The maximum absolute atomic E-state index is 13.9. The molecule has 3 aliphatic rings. The molecular formula is C23H23F2N7O5S. The van der Waals surface area contributed by atoms with Gasteiger partial charge >= 0.3 is 6.09 Å². The number of anilines is 2. The summed E-state index contributed by atoms with van der Waals surface area (Å²) in [5, 5.41) is 13.1. The molecule has 0 aliphatic heterocycles. The van der Waals surface area contributed by atoms with Crippen LogP contribution in [0.1, 0.15) is 37.9 Å². The third-order valence-electron chi connectivity index (χ3n) is 7.12. The van der Waals surface area contributed by atoms with Crippen LogP contribution in [-0.4, -0.2) is 56.4 Å². The Morgan fingerprint density at radius 1 is 1.13 bits per heavy atom. The van der Waals surface area contributed by atoms with Crippen LogP contribution in [0.2, 0.25) is 0 Å². The van der Waals surface area contributed by atoms with Crippen LogP contribution in [-0.2, 0) is 26.4 Å². The van der Waals surface area contributed by atoms with Crippen LogP contribution in [0.3, 0.4) is 0 Å². The number of carbonyl (C=O) groups is 2. The number of sulfone groups is 1. The highest BCUT2D eigenvalue weighted by atomic mass is 32.2. The Morgan fingerprint density at radius 2 is 1.84 bits per heavy atom. The van der Waals surface area contributed by atoms with Crippen LogP contribution in [0.25, 0.3) is 11.4 Å². The predicted molar refractivity (Wildman–Crippen MR) is 129 cm³/mol. The van der Waals surface area contributed by atoms with Crippen molar-refractivity contribution in [2.45, 2.75) is 37.0 Å². The topological polar surface area (TPSA) is 158 Å². The lowest BCUT2D eigenvalue weighted by atomic mass is 9.43. The molecule has 3 aliphatic carbocycles. The van der Waals surface area contributed by atoms with Crippen LogP contribution in [0.4, 0.5) is 25.1 Å². The van der Waals surface area contributed by atoms with Crippen molar-refractivity contribution in [3.63, 3.8) is 0 Å². The third kappa shape index (κ3) is 4.25. The van der Waals surface area contributed by atoms with Crippen LogP contribution in [0.15, 0.2) is 30.6 Å². The van der Waals surface area contributed by atoms with Crippen molar-refractivity contribution in [2.75, 3.05) is 16.9 Å². The minimum absolute atomic E-state index is 0.129. The first kappa shape index (κ1) is 25.6. The van der Waals surface area contributed by atoms with E-state index in [-0.39, 0.29) is 23.0 Å². The van der Waals surface area contributed by atoms with Gasteiger partial charge < -0.3 is 10.1 Å². The van der Waals surface area contributed by atoms with Crippen LogP contribution in [0.5, 0.6) is 0 Å². The maximum atomic E-state index is 13.9. The molecule has 2 N–H and O–H groups in total. The van der Waals surface area contributed by atoms with Gasteiger partial charge in [-0.15, -0.1) is 5.10 Å². The Morgan fingerprint density at radius 3 is 2.47 bits per heavy atom. The average Bonchev–Trinajstić information content (AvgIpc) is 3.13. The minimum atomic E-state index is -3.20. The highest BCUT2D eigenvalue weighted by molar-refractivity contribution is 7.92. The van der Waals surface area contributed by atoms with Gasteiger partial charge in [-0.1, -0.05) is 5.21 Å². The second kappa shape index (κ2) is 8.79. The molecule has 3 aromatic heterocycles. The van der Waals surface area contributed by atoms with Crippen molar-refractivity contribution in [1.82, 2.24) is 25.0 Å². The normalized spacial score (nSPS) is 22.6. The van der Waals surface area contributed by atoms with E-state index in [0.717, 1.165) is 6.07 Å². The van der Waals surface area contributed by atoms with Gasteiger partial charge in [0.05, 0.1) is 39.5 Å². The summed E-state index contributed by atoms with van der Waals surface area (Å²) in [4.78, 5) is 32.8. The lowest BCUT2D eigenvalue weighted by molar-refractivity contribution is -0.152. The van der Waals surface area contributed by atoms with Crippen molar-refractivity contribution in [1.29, 1.82) is 0 Å². The molecule has 3 fully saturated rings. The Hall–Kier alpha value is -4.01. The number of rotatable bonds is 7. The summed E-state index contributed by atoms with van der Waals surface area (Å²) >= 11 is 0. The van der Waals surface area contributed by atoms with Crippen molar-refractivity contribution < 1.29 is 31.5 Å². The monoisotopic (exact) mass is 547 g/mol. The van der Waals surface area contributed by atoms with Gasteiger partial charge in [0.25, 0.3) is 0 Å². The standard InChI is InChI=1S/C23H23F2N7O5S/c1-12(15-6-13(24)7-27-18(15)25)37-21(34)29-19-17(30-31-32(19)2)16-5-4-14(8-26-16)28-20(33)22-9-23(10-22,11-22)38(3,35)36/h4-8,12H,9-11H2,1-3H3,(H,28,33)(H,29,34)/t12-,22?,23?/m1/s1. The van der Waals surface area contributed by atoms with E-state index in [0.29, 0.717) is 36.8 Å². The molecule has 1 atom stereocenters. The Bertz CT molecular complexity index is 1540. The number of hydrogen-bond acceptors (Lipinski definition) is 9. The molecule has 0 aromatic carbocycles. The Balaban J connectivity index is 1.24. The predicted octanol–water partition coefficient (Wildman–Crippen LogP) is 2.77. The van der Waals surface area contributed by atoms with Gasteiger partial charge in [0.2, 0.25) is 11.9 Å². The van der Waals surface area contributed by atoms with Crippen molar-refractivity contribution in [3.05, 3.63) is 47.9 Å². The van der Waals surface area contributed by atoms with Crippen molar-refractivity contribution in [3.8, 4) is 11.4 Å². The number of amides is 2. The molecule has 0 unspecified atom stereocenters. The van der Waals surface area contributed by atoms with E-state index >= 15 is 0 Å². The Kier molecular flexibility index (Phi) is 5.93. The van der Waals surface area contributed by atoms with E-state index in [2.05, 4.69) is 30.9 Å². The smallest absolute Gasteiger partial charge is 0.413 e. The zero-order valence-corrected chi connectivity index (χ0v) is 21.3. The minimum Gasteiger partial charge on any atom is -0.441 e. The molecule has 3 heterocycles. The van der Waals surface area contributed by atoms with E-state index in [1.54, 1.807) is 12.1 Å². The first-order chi connectivity index (χ1) is 17.8. The summed E-state index contributed by atoms with van der Waals surface area (Å²) in [5.41, 5.74) is 0.0398. The van der Waals surface area contributed by atoms with Gasteiger partial charge in [-0.25, -0.2) is 27.3 Å². The first-order valence-corrected chi connectivity index (χ1v) is 13.4. The molecule has 3 aromatic rings. The molecule has 0 radical (unpaired) electrons. The summed E-state index contributed by atoms with van der Waals surface area (Å²) in [6, 6.07) is 4.04. The number of halogens is 2. The van der Waals surface area contributed by atoms with Gasteiger partial charge in [0.1, 0.15) is 11.9 Å². The average molecular weight is 548 g/mol. The highest BCUT2D eigenvalue weighted by Gasteiger charge is 2.76. The zero-order valence-electron chi connectivity index (χ0n) is 20.5. The fourth-order valence-electron chi connectivity index (χ4n) is 4.94. The maximum Gasteiger partial charge on any atom is 0.413 e. The lowest BCUT2D eigenvalue weighted by Gasteiger charge is -2.67. The van der Waals surface area contributed by atoms with Crippen molar-refractivity contribution >= 4 is 33.3 Å². The van der Waals surface area contributed by atoms with Crippen LogP contribution in [0, 0.1) is 17.2 Å². The second-order valence-electron chi connectivity index (χ2n) is 9.77. The molecule has 2 bridgehead atoms. The van der Waals surface area contributed by atoms with E-state index in [1.807, 2.05) is 0 Å². The summed E-state index contributed by atoms with van der Waals surface area (Å²) in [7, 11) is -1.68. The number of aryl methyl sites for hydroxylation is 1. The molecule has 0 spiro atoms. The van der Waals surface area contributed by atoms with Gasteiger partial charge in [-0.2, -0.15) is 4.39 Å². The second-order valence-corrected chi connectivity index (χ2v) is 12.2. The molecule has 12 nitrogen and oxygen atoms in total. The number of hydrogen-bond donors (Lipinski definition) is 2. The van der Waals surface area contributed by atoms with E-state index < -0.39 is 44.0 Å². The Labute approximate surface area is 215 Å². The number of ether oxygens (including phenoxy) is 1. The molecule has 0 saturated heterocycles. The fourth-order valence-corrected chi connectivity index (χ4v) is 6.56. The van der Waals surface area contributed by atoms with E-state index in [4.69, 9.17) is 4.74 Å².